The smallest absolute Gasteiger partial charge is 0.128 e. The van der Waals surface area contributed by atoms with Crippen molar-refractivity contribution in [3.63, 3.8) is 0 Å². The van der Waals surface area contributed by atoms with Crippen molar-refractivity contribution < 1.29 is 18.9 Å². The van der Waals surface area contributed by atoms with Crippen LogP contribution in [0.3, 0.4) is 0 Å². The van der Waals surface area contributed by atoms with Gasteiger partial charge in [-0.1, -0.05) is 156 Å². The molecule has 10 rings (SSSR count). The van der Waals surface area contributed by atoms with Gasteiger partial charge in [-0.3, -0.25) is 0 Å². The quantitative estimate of drug-likeness (QED) is 0.0675. The topological polar surface area (TPSA) is 36.9 Å². The summed E-state index contributed by atoms with van der Waals surface area (Å²) in [5, 5.41) is 14.6. The third-order valence-corrected chi connectivity index (χ3v) is 13.5. The van der Waals surface area contributed by atoms with Gasteiger partial charge in [0.2, 0.25) is 0 Å². The molecule has 0 radical (unpaired) electrons. The first kappa shape index (κ1) is 41.1. The molecule has 1 aliphatic heterocycles. The van der Waals surface area contributed by atoms with Gasteiger partial charge < -0.3 is 18.9 Å². The van der Waals surface area contributed by atoms with Crippen LogP contribution in [0.1, 0.15) is 89.2 Å². The molecular formula is C58H55ClO4. The van der Waals surface area contributed by atoms with E-state index in [1.165, 1.54) is 106 Å². The average Bonchev–Trinajstić information content (AvgIpc) is 3.32. The number of hydrogen-bond acceptors (Lipinski definition) is 4. The summed E-state index contributed by atoms with van der Waals surface area (Å²) >= 11 is 7.09. The molecule has 0 unspecified atom stereocenters. The van der Waals surface area contributed by atoms with Crippen molar-refractivity contribution in [2.24, 2.45) is 0 Å². The summed E-state index contributed by atoms with van der Waals surface area (Å²) in [6.07, 6.45) is 12.1. The predicted octanol–water partition coefficient (Wildman–Crippen LogP) is 17.1. The Morgan fingerprint density at radius 1 is 0.460 bits per heavy atom. The zero-order valence-electron chi connectivity index (χ0n) is 36.5. The zero-order valence-corrected chi connectivity index (χ0v) is 37.3. The first-order valence-corrected chi connectivity index (χ1v) is 23.6. The van der Waals surface area contributed by atoms with Gasteiger partial charge in [-0.15, -0.1) is 0 Å². The summed E-state index contributed by atoms with van der Waals surface area (Å²) in [7, 11) is 0. The van der Waals surface area contributed by atoms with Crippen LogP contribution in [0.5, 0.6) is 23.0 Å². The minimum absolute atomic E-state index is 0.351. The number of unbranched alkanes of at least 4 members (excludes halogenated alkanes) is 8. The first-order chi connectivity index (χ1) is 31.1. The fourth-order valence-corrected chi connectivity index (χ4v) is 9.87. The monoisotopic (exact) mass is 850 g/mol. The van der Waals surface area contributed by atoms with Gasteiger partial charge >= 0.3 is 0 Å². The van der Waals surface area contributed by atoms with Crippen molar-refractivity contribution >= 4 is 76.2 Å². The molecule has 0 saturated heterocycles. The Labute approximate surface area is 375 Å². The van der Waals surface area contributed by atoms with Gasteiger partial charge in [-0.05, 0) is 132 Å². The molecule has 9 aromatic carbocycles. The summed E-state index contributed by atoms with van der Waals surface area (Å²) in [5.41, 5.74) is 4.50. The first-order valence-electron chi connectivity index (χ1n) is 23.2. The van der Waals surface area contributed by atoms with Crippen molar-refractivity contribution in [3.05, 3.63) is 144 Å². The van der Waals surface area contributed by atoms with Crippen molar-refractivity contribution in [2.75, 3.05) is 13.2 Å². The SMILES string of the molecule is CCCCCCCOc1ccc2ccc(COc3ccc4ccc5ccc6ccc7cc8c(cc7c6c5c4c3)OCc3ccc4ccc(OCCCCCCC)cc4c3-8)c(Cl)c2c1. The molecule has 5 heteroatoms. The fourth-order valence-electron chi connectivity index (χ4n) is 9.59. The second-order valence-electron chi connectivity index (χ2n) is 17.4. The Bertz CT molecular complexity index is 3130. The third kappa shape index (κ3) is 8.34. The highest BCUT2D eigenvalue weighted by Gasteiger charge is 2.22. The van der Waals surface area contributed by atoms with Crippen LogP contribution in [-0.4, -0.2) is 13.2 Å². The maximum atomic E-state index is 7.09. The standard InChI is InChI=1S/C58H55ClO4/c1-3-5-7-9-11-29-60-46-26-23-38-14-21-44-36-63-54-35-51-43(31-53(54)55(44)49(38)32-46)20-19-42-18-17-41-16-13-39-24-28-48(33-50(39)56(41)57(42)51)62-37-45-22-15-40-25-27-47(34-52(40)58(45)59)61-30-12-10-8-6-4-2/h13-28,31-35H,3-12,29-30,36-37H2,1-2H3. The van der Waals surface area contributed by atoms with Crippen LogP contribution >= 0.6 is 11.6 Å². The minimum atomic E-state index is 0.351. The molecule has 63 heavy (non-hydrogen) atoms. The average molecular weight is 852 g/mol. The zero-order chi connectivity index (χ0) is 42.7. The van der Waals surface area contributed by atoms with E-state index in [0.29, 0.717) is 18.2 Å². The summed E-state index contributed by atoms with van der Waals surface area (Å²) in [6, 6.07) is 45.8. The van der Waals surface area contributed by atoms with Crippen LogP contribution in [-0.2, 0) is 13.2 Å². The summed E-state index contributed by atoms with van der Waals surface area (Å²) in [6.45, 7) is 6.83. The lowest BCUT2D eigenvalue weighted by Gasteiger charge is -2.24. The van der Waals surface area contributed by atoms with E-state index in [4.69, 9.17) is 30.5 Å². The van der Waals surface area contributed by atoms with Crippen LogP contribution in [0.2, 0.25) is 5.02 Å². The Morgan fingerprint density at radius 2 is 0.952 bits per heavy atom. The number of ether oxygens (including phenoxy) is 4. The number of fused-ring (bicyclic) bond motifs is 13. The molecule has 9 aromatic rings. The van der Waals surface area contributed by atoms with Crippen molar-refractivity contribution in [1.82, 2.24) is 0 Å². The van der Waals surface area contributed by atoms with Gasteiger partial charge in [-0.25, -0.2) is 0 Å². The Hall–Kier alpha value is -5.97. The fraction of sp³-hybridized carbons (Fsp3) is 0.276. The molecule has 1 aliphatic rings. The summed E-state index contributed by atoms with van der Waals surface area (Å²) in [5.74, 6) is 3.49. The largest absolute Gasteiger partial charge is 0.494 e. The van der Waals surface area contributed by atoms with E-state index in [0.717, 1.165) is 81.7 Å². The highest BCUT2D eigenvalue weighted by molar-refractivity contribution is 6.36. The predicted molar refractivity (Wildman–Crippen MR) is 266 cm³/mol. The lowest BCUT2D eigenvalue weighted by atomic mass is 9.88. The number of rotatable bonds is 17. The van der Waals surface area contributed by atoms with Crippen LogP contribution in [0, 0.1) is 0 Å². The van der Waals surface area contributed by atoms with Gasteiger partial charge in [-0.2, -0.15) is 0 Å². The van der Waals surface area contributed by atoms with E-state index in [9.17, 15) is 0 Å². The van der Waals surface area contributed by atoms with Crippen LogP contribution < -0.4 is 18.9 Å². The van der Waals surface area contributed by atoms with Gasteiger partial charge in [0.05, 0.1) is 18.2 Å². The molecule has 0 aromatic heterocycles. The van der Waals surface area contributed by atoms with E-state index in [-0.39, 0.29) is 0 Å². The van der Waals surface area contributed by atoms with E-state index >= 15 is 0 Å². The Morgan fingerprint density at radius 3 is 1.62 bits per heavy atom. The van der Waals surface area contributed by atoms with E-state index < -0.39 is 0 Å². The molecule has 0 aliphatic carbocycles. The third-order valence-electron chi connectivity index (χ3n) is 13.0. The Kier molecular flexibility index (Phi) is 12.0. The van der Waals surface area contributed by atoms with Crippen molar-refractivity contribution in [3.8, 4) is 34.1 Å². The Balaban J connectivity index is 0.974. The van der Waals surface area contributed by atoms with Crippen molar-refractivity contribution in [1.29, 1.82) is 0 Å². The molecule has 0 atom stereocenters. The molecule has 1 heterocycles. The maximum Gasteiger partial charge on any atom is 0.128 e. The second kappa shape index (κ2) is 18.4. The lowest BCUT2D eigenvalue weighted by molar-refractivity contribution is 0.302. The second-order valence-corrected chi connectivity index (χ2v) is 17.7. The normalized spacial score (nSPS) is 12.3. The number of benzene rings is 9. The molecular weight excluding hydrogens is 796 g/mol. The molecule has 0 saturated carbocycles. The molecule has 0 amide bonds. The highest BCUT2D eigenvalue weighted by atomic mass is 35.5. The van der Waals surface area contributed by atoms with E-state index in [1.807, 2.05) is 6.07 Å². The van der Waals surface area contributed by atoms with Gasteiger partial charge in [0.1, 0.15) is 36.2 Å². The molecule has 4 nitrogen and oxygen atoms in total. The molecule has 0 spiro atoms. The molecule has 0 N–H and O–H groups in total. The van der Waals surface area contributed by atoms with Crippen LogP contribution in [0.4, 0.5) is 0 Å². The van der Waals surface area contributed by atoms with Gasteiger partial charge in [0.15, 0.2) is 0 Å². The van der Waals surface area contributed by atoms with Crippen LogP contribution in [0.25, 0.3) is 75.8 Å². The maximum absolute atomic E-state index is 7.09. The van der Waals surface area contributed by atoms with Crippen LogP contribution in [0.15, 0.2) is 127 Å². The van der Waals surface area contributed by atoms with Crippen molar-refractivity contribution in [2.45, 2.75) is 91.3 Å². The van der Waals surface area contributed by atoms with Gasteiger partial charge in [0, 0.05) is 16.5 Å². The lowest BCUT2D eigenvalue weighted by Crippen LogP contribution is -2.06. The minimum Gasteiger partial charge on any atom is -0.494 e. The number of hydrogen-bond donors (Lipinski definition) is 0. The van der Waals surface area contributed by atoms with Gasteiger partial charge in [0.25, 0.3) is 0 Å². The summed E-state index contributed by atoms with van der Waals surface area (Å²) in [4.78, 5) is 0. The molecule has 318 valence electrons. The highest BCUT2D eigenvalue weighted by Crippen LogP contribution is 2.47. The molecule has 0 bridgehead atoms. The van der Waals surface area contributed by atoms with E-state index in [2.05, 4.69) is 135 Å². The molecule has 0 fully saturated rings. The number of halogens is 1. The van der Waals surface area contributed by atoms with E-state index in [1.54, 1.807) is 0 Å². The summed E-state index contributed by atoms with van der Waals surface area (Å²) < 4.78 is 25.6.